The third-order valence-electron chi connectivity index (χ3n) is 5.42. The van der Waals surface area contributed by atoms with Crippen molar-refractivity contribution in [3.63, 3.8) is 0 Å². The average molecular weight is 461 g/mol. The number of hydrogen-bond acceptors (Lipinski definition) is 6. The van der Waals surface area contributed by atoms with Gasteiger partial charge >= 0.3 is 0 Å². The van der Waals surface area contributed by atoms with E-state index in [2.05, 4.69) is 41.4 Å². The van der Waals surface area contributed by atoms with Gasteiger partial charge in [-0.25, -0.2) is 14.1 Å². The molecule has 29 heavy (non-hydrogen) atoms. The molecular weight excluding hydrogens is 439 g/mol. The molecule has 1 aliphatic heterocycles. The molecule has 0 atom stereocenters. The zero-order valence-electron chi connectivity index (χ0n) is 15.9. The summed E-state index contributed by atoms with van der Waals surface area (Å²) in [6.07, 6.45) is 3.71. The second-order valence-corrected chi connectivity index (χ2v) is 8.50. The van der Waals surface area contributed by atoms with Gasteiger partial charge in [-0.1, -0.05) is 5.21 Å². The minimum Gasteiger partial charge on any atom is -0.437 e. The zero-order valence-corrected chi connectivity index (χ0v) is 17.5. The van der Waals surface area contributed by atoms with Crippen molar-refractivity contribution in [2.45, 2.75) is 25.9 Å². The molecule has 5 rings (SSSR count). The van der Waals surface area contributed by atoms with Crippen LogP contribution in [0.15, 0.2) is 28.9 Å². The van der Waals surface area contributed by atoms with E-state index in [0.717, 1.165) is 53.8 Å². The number of rotatable bonds is 6. The van der Waals surface area contributed by atoms with Gasteiger partial charge in [-0.15, -0.1) is 5.10 Å². The minimum atomic E-state index is -0.361. The van der Waals surface area contributed by atoms with Gasteiger partial charge < -0.3 is 10.1 Å². The standard InChI is InChI=1S/C20H22BrFN6O/c21-18-17(4-3-16-19(18)25-26-28(16)11-13-1-2-13)29-20-14(9-15(22)10-24-20)12-27-7-5-23-6-8-27/h3-4,9-10,13,23H,1-2,5-8,11-12H2. The summed E-state index contributed by atoms with van der Waals surface area (Å²) >= 11 is 3.61. The predicted molar refractivity (Wildman–Crippen MR) is 110 cm³/mol. The third-order valence-corrected chi connectivity index (χ3v) is 6.19. The predicted octanol–water partition coefficient (Wildman–Crippen LogP) is 3.34. The van der Waals surface area contributed by atoms with Crippen molar-refractivity contribution < 1.29 is 9.13 Å². The summed E-state index contributed by atoms with van der Waals surface area (Å²) in [6.45, 7) is 5.18. The maximum absolute atomic E-state index is 13.9. The van der Waals surface area contributed by atoms with E-state index < -0.39 is 0 Å². The maximum atomic E-state index is 13.9. The number of fused-ring (bicyclic) bond motifs is 1. The second-order valence-electron chi connectivity index (χ2n) is 7.71. The van der Waals surface area contributed by atoms with Gasteiger partial charge in [-0.2, -0.15) is 0 Å². The Labute approximate surface area is 176 Å². The lowest BCUT2D eigenvalue weighted by Gasteiger charge is -2.27. The number of benzene rings is 1. The van der Waals surface area contributed by atoms with Crippen LogP contribution in [-0.4, -0.2) is 51.1 Å². The monoisotopic (exact) mass is 460 g/mol. The normalized spacial score (nSPS) is 17.7. The van der Waals surface area contributed by atoms with Gasteiger partial charge in [0.15, 0.2) is 0 Å². The molecule has 1 aromatic carbocycles. The summed E-state index contributed by atoms with van der Waals surface area (Å²) in [6, 6.07) is 5.36. The van der Waals surface area contributed by atoms with E-state index in [1.54, 1.807) is 0 Å². The first-order valence-corrected chi connectivity index (χ1v) is 10.7. The van der Waals surface area contributed by atoms with Crippen LogP contribution in [0.25, 0.3) is 11.0 Å². The Hall–Kier alpha value is -2.10. The van der Waals surface area contributed by atoms with Crippen molar-refractivity contribution in [2.75, 3.05) is 26.2 Å². The van der Waals surface area contributed by atoms with Gasteiger partial charge in [-0.3, -0.25) is 4.90 Å². The molecular formula is C20H22BrFN6O. The lowest BCUT2D eigenvalue weighted by Crippen LogP contribution is -2.42. The van der Waals surface area contributed by atoms with Crippen LogP contribution in [0.3, 0.4) is 0 Å². The van der Waals surface area contributed by atoms with Crippen LogP contribution in [0.2, 0.25) is 0 Å². The highest BCUT2D eigenvalue weighted by Crippen LogP contribution is 2.37. The highest BCUT2D eigenvalue weighted by Gasteiger charge is 2.24. The Morgan fingerprint density at radius 1 is 1.24 bits per heavy atom. The fourth-order valence-corrected chi connectivity index (χ4v) is 4.13. The summed E-state index contributed by atoms with van der Waals surface area (Å²) in [4.78, 5) is 6.48. The summed E-state index contributed by atoms with van der Waals surface area (Å²) < 4.78 is 22.6. The Morgan fingerprint density at radius 3 is 2.86 bits per heavy atom. The molecule has 9 heteroatoms. The van der Waals surface area contributed by atoms with Crippen molar-refractivity contribution in [3.05, 3.63) is 40.2 Å². The number of aromatic nitrogens is 4. The van der Waals surface area contributed by atoms with Crippen LogP contribution in [0.1, 0.15) is 18.4 Å². The molecule has 1 saturated carbocycles. The number of nitrogens with zero attached hydrogens (tertiary/aromatic N) is 5. The summed E-state index contributed by atoms with van der Waals surface area (Å²) in [5, 5.41) is 11.9. The number of pyridine rings is 1. The van der Waals surface area contributed by atoms with Gasteiger partial charge in [0.1, 0.15) is 17.1 Å². The van der Waals surface area contributed by atoms with Crippen molar-refractivity contribution in [1.82, 2.24) is 30.2 Å². The van der Waals surface area contributed by atoms with Gasteiger partial charge in [0, 0.05) is 44.8 Å². The molecule has 3 heterocycles. The molecule has 0 spiro atoms. The summed E-state index contributed by atoms with van der Waals surface area (Å²) in [5.41, 5.74) is 2.47. The van der Waals surface area contributed by atoms with Crippen molar-refractivity contribution in [3.8, 4) is 11.6 Å². The first-order chi connectivity index (χ1) is 14.2. The lowest BCUT2D eigenvalue weighted by molar-refractivity contribution is 0.230. The molecule has 152 valence electrons. The van der Waals surface area contributed by atoms with Gasteiger partial charge in [0.05, 0.1) is 16.2 Å². The van der Waals surface area contributed by atoms with Gasteiger partial charge in [0.2, 0.25) is 5.88 Å². The SMILES string of the molecule is Fc1cnc(Oc2ccc3c(nnn3CC3CC3)c2Br)c(CN2CCNCC2)c1. The topological polar surface area (TPSA) is 68.1 Å². The van der Waals surface area contributed by atoms with Crippen LogP contribution >= 0.6 is 15.9 Å². The third kappa shape index (κ3) is 4.12. The number of hydrogen-bond donors (Lipinski definition) is 1. The molecule has 1 saturated heterocycles. The quantitative estimate of drug-likeness (QED) is 0.608. The molecule has 0 unspecified atom stereocenters. The average Bonchev–Trinajstić information content (AvgIpc) is 3.45. The van der Waals surface area contributed by atoms with E-state index in [4.69, 9.17) is 4.74 Å². The fraction of sp³-hybridized carbons (Fsp3) is 0.450. The number of nitrogens with one attached hydrogen (secondary N) is 1. The van der Waals surface area contributed by atoms with E-state index in [1.807, 2.05) is 16.8 Å². The number of ether oxygens (including phenoxy) is 1. The van der Waals surface area contributed by atoms with E-state index in [-0.39, 0.29) is 5.82 Å². The molecule has 1 N–H and O–H groups in total. The van der Waals surface area contributed by atoms with E-state index in [9.17, 15) is 4.39 Å². The highest BCUT2D eigenvalue weighted by molar-refractivity contribution is 9.10. The maximum Gasteiger partial charge on any atom is 0.223 e. The molecule has 2 fully saturated rings. The molecule has 0 amide bonds. The highest BCUT2D eigenvalue weighted by atomic mass is 79.9. The van der Waals surface area contributed by atoms with Gasteiger partial charge in [0.25, 0.3) is 0 Å². The molecule has 0 radical (unpaired) electrons. The van der Waals surface area contributed by atoms with Crippen LogP contribution in [-0.2, 0) is 13.1 Å². The molecule has 0 bridgehead atoms. The van der Waals surface area contributed by atoms with Crippen molar-refractivity contribution in [2.24, 2.45) is 5.92 Å². The summed E-state index contributed by atoms with van der Waals surface area (Å²) in [7, 11) is 0. The molecule has 7 nitrogen and oxygen atoms in total. The second kappa shape index (κ2) is 7.97. The Bertz CT molecular complexity index is 1030. The van der Waals surface area contributed by atoms with Crippen LogP contribution in [0, 0.1) is 11.7 Å². The molecule has 2 aliphatic rings. The number of halogens is 2. The molecule has 3 aromatic rings. The Kier molecular flexibility index (Phi) is 5.19. The van der Waals surface area contributed by atoms with Crippen LogP contribution in [0.5, 0.6) is 11.6 Å². The molecule has 2 aromatic heterocycles. The van der Waals surface area contributed by atoms with E-state index in [1.165, 1.54) is 25.1 Å². The fourth-order valence-electron chi connectivity index (χ4n) is 3.63. The summed E-state index contributed by atoms with van der Waals surface area (Å²) in [5.74, 6) is 1.36. The zero-order chi connectivity index (χ0) is 19.8. The smallest absolute Gasteiger partial charge is 0.223 e. The molecule has 1 aliphatic carbocycles. The van der Waals surface area contributed by atoms with Crippen LogP contribution in [0.4, 0.5) is 4.39 Å². The van der Waals surface area contributed by atoms with Crippen molar-refractivity contribution in [1.29, 1.82) is 0 Å². The van der Waals surface area contributed by atoms with Crippen LogP contribution < -0.4 is 10.1 Å². The van der Waals surface area contributed by atoms with Gasteiger partial charge in [-0.05, 0) is 52.9 Å². The van der Waals surface area contributed by atoms with E-state index >= 15 is 0 Å². The lowest BCUT2D eigenvalue weighted by atomic mass is 10.2. The minimum absolute atomic E-state index is 0.361. The Balaban J connectivity index is 1.42. The Morgan fingerprint density at radius 2 is 2.07 bits per heavy atom. The van der Waals surface area contributed by atoms with E-state index in [0.29, 0.717) is 24.1 Å². The number of piperazine rings is 1. The van der Waals surface area contributed by atoms with Crippen molar-refractivity contribution >= 4 is 27.0 Å². The largest absolute Gasteiger partial charge is 0.437 e. The first kappa shape index (κ1) is 18.9. The first-order valence-electron chi connectivity index (χ1n) is 9.94.